The highest BCUT2D eigenvalue weighted by molar-refractivity contribution is 5.71. The number of allylic oxidation sites excluding steroid dienone is 2. The van der Waals surface area contributed by atoms with Gasteiger partial charge in [-0.3, -0.25) is 0 Å². The van der Waals surface area contributed by atoms with Gasteiger partial charge in [-0.05, 0) is 48.5 Å². The monoisotopic (exact) mass is 402 g/mol. The maximum absolute atomic E-state index is 12.2. The van der Waals surface area contributed by atoms with Gasteiger partial charge in [0.1, 0.15) is 0 Å². The molecule has 3 atom stereocenters. The lowest BCUT2D eigenvalue weighted by atomic mass is 9.57. The summed E-state index contributed by atoms with van der Waals surface area (Å²) < 4.78 is 12.8. The third-order valence-electron chi connectivity index (χ3n) is 7.88. The van der Waals surface area contributed by atoms with E-state index in [4.69, 9.17) is 9.47 Å². The maximum atomic E-state index is 12.2. The summed E-state index contributed by atoms with van der Waals surface area (Å²) in [5, 5.41) is 9.96. The Morgan fingerprint density at radius 3 is 2.03 bits per heavy atom. The van der Waals surface area contributed by atoms with E-state index in [0.29, 0.717) is 11.8 Å². The van der Waals surface area contributed by atoms with Gasteiger partial charge >= 0.3 is 5.97 Å². The highest BCUT2D eigenvalue weighted by Gasteiger charge is 2.60. The summed E-state index contributed by atoms with van der Waals surface area (Å²) in [6.07, 6.45) is 17.3. The van der Waals surface area contributed by atoms with Crippen LogP contribution < -0.4 is 0 Å². The highest BCUT2D eigenvalue weighted by Crippen LogP contribution is 2.56. The van der Waals surface area contributed by atoms with E-state index in [1.54, 1.807) is 0 Å². The van der Waals surface area contributed by atoms with E-state index in [-0.39, 0.29) is 17.4 Å². The Hall–Kier alpha value is -1.13. The fourth-order valence-electron chi connectivity index (χ4n) is 6.60. The zero-order valence-corrected chi connectivity index (χ0v) is 18.4. The van der Waals surface area contributed by atoms with Crippen LogP contribution in [-0.4, -0.2) is 29.1 Å². The summed E-state index contributed by atoms with van der Waals surface area (Å²) in [5.74, 6) is -0.0473. The van der Waals surface area contributed by atoms with E-state index in [2.05, 4.69) is 39.0 Å². The van der Waals surface area contributed by atoms with Crippen molar-refractivity contribution in [3.05, 3.63) is 23.8 Å². The SMILES string of the molecule is CC(C)(C)C1=CC=CC2C1OC(C(=O)O)OC2(C1CCCCC1)C1CCCCC1. The summed E-state index contributed by atoms with van der Waals surface area (Å²) in [7, 11) is 0. The van der Waals surface area contributed by atoms with Crippen molar-refractivity contribution in [2.75, 3.05) is 0 Å². The van der Waals surface area contributed by atoms with Crippen molar-refractivity contribution in [3.8, 4) is 0 Å². The van der Waals surface area contributed by atoms with Gasteiger partial charge < -0.3 is 14.6 Å². The molecule has 0 bridgehead atoms. The first kappa shape index (κ1) is 21.1. The third kappa shape index (κ3) is 3.83. The molecule has 0 aromatic rings. The van der Waals surface area contributed by atoms with Crippen molar-refractivity contribution in [3.63, 3.8) is 0 Å². The van der Waals surface area contributed by atoms with Crippen LogP contribution in [0.1, 0.15) is 85.0 Å². The van der Waals surface area contributed by atoms with Crippen LogP contribution in [0, 0.1) is 23.2 Å². The molecule has 4 aliphatic rings. The number of aliphatic carboxylic acids is 1. The molecular formula is C25H38O4. The number of carboxylic acid groups (broad SMARTS) is 1. The minimum atomic E-state index is -1.17. The minimum absolute atomic E-state index is 0.0705. The topological polar surface area (TPSA) is 55.8 Å². The average molecular weight is 403 g/mol. The summed E-state index contributed by atoms with van der Waals surface area (Å²) in [4.78, 5) is 12.2. The van der Waals surface area contributed by atoms with Gasteiger partial charge in [0.25, 0.3) is 6.29 Å². The van der Waals surface area contributed by atoms with Crippen molar-refractivity contribution in [2.24, 2.45) is 23.2 Å². The molecule has 0 amide bonds. The maximum Gasteiger partial charge on any atom is 0.361 e. The van der Waals surface area contributed by atoms with Crippen molar-refractivity contribution >= 4 is 5.97 Å². The molecule has 1 saturated heterocycles. The molecule has 4 rings (SSSR count). The standard InChI is InChI=1S/C25H38O4/c1-24(2,3)19-15-10-16-20-21(19)28-23(22(26)27)29-25(20,17-11-6-4-7-12-17)18-13-8-5-9-14-18/h10,15-18,20-21,23H,4-9,11-14H2,1-3H3,(H,26,27). The summed E-state index contributed by atoms with van der Waals surface area (Å²) in [6.45, 7) is 6.60. The van der Waals surface area contributed by atoms with Crippen LogP contribution in [-0.2, 0) is 14.3 Å². The minimum Gasteiger partial charge on any atom is -0.477 e. The normalized spacial score (nSPS) is 33.8. The van der Waals surface area contributed by atoms with E-state index >= 15 is 0 Å². The second-order valence-corrected chi connectivity index (χ2v) is 10.7. The molecule has 4 heteroatoms. The van der Waals surface area contributed by atoms with Gasteiger partial charge in [-0.1, -0.05) is 77.5 Å². The van der Waals surface area contributed by atoms with Gasteiger partial charge in [0.2, 0.25) is 0 Å². The van der Waals surface area contributed by atoms with E-state index in [1.165, 1.54) is 44.1 Å². The summed E-state index contributed by atoms with van der Waals surface area (Å²) in [6, 6.07) is 0. The van der Waals surface area contributed by atoms with Gasteiger partial charge in [-0.2, -0.15) is 0 Å². The van der Waals surface area contributed by atoms with E-state index in [1.807, 2.05) is 0 Å². The van der Waals surface area contributed by atoms with Gasteiger partial charge in [0.15, 0.2) is 0 Å². The lowest BCUT2D eigenvalue weighted by molar-refractivity contribution is -0.324. The second-order valence-electron chi connectivity index (χ2n) is 10.7. The molecule has 2 saturated carbocycles. The molecule has 0 aromatic heterocycles. The fraction of sp³-hybridized carbons (Fsp3) is 0.800. The molecule has 3 aliphatic carbocycles. The predicted octanol–water partition coefficient (Wildman–Crippen LogP) is 5.87. The largest absolute Gasteiger partial charge is 0.477 e. The smallest absolute Gasteiger partial charge is 0.361 e. The number of fused-ring (bicyclic) bond motifs is 1. The number of carbonyl (C=O) groups is 1. The summed E-state index contributed by atoms with van der Waals surface area (Å²) in [5.41, 5.74) is 0.711. The Labute approximate surface area is 175 Å². The Morgan fingerprint density at radius 2 is 1.55 bits per heavy atom. The Morgan fingerprint density at radius 1 is 1.00 bits per heavy atom. The molecule has 1 aliphatic heterocycles. The number of ether oxygens (including phenoxy) is 2. The molecule has 3 unspecified atom stereocenters. The molecule has 29 heavy (non-hydrogen) atoms. The van der Waals surface area contributed by atoms with Crippen LogP contribution in [0.25, 0.3) is 0 Å². The fourth-order valence-corrected chi connectivity index (χ4v) is 6.60. The number of hydrogen-bond acceptors (Lipinski definition) is 3. The van der Waals surface area contributed by atoms with E-state index in [9.17, 15) is 9.90 Å². The van der Waals surface area contributed by atoms with Crippen LogP contribution in [0.4, 0.5) is 0 Å². The molecule has 1 N–H and O–H groups in total. The molecule has 0 aromatic carbocycles. The van der Waals surface area contributed by atoms with Crippen molar-refractivity contribution in [1.29, 1.82) is 0 Å². The quantitative estimate of drug-likeness (QED) is 0.641. The first-order valence-corrected chi connectivity index (χ1v) is 11.8. The Bertz CT molecular complexity index is 641. The molecule has 1 heterocycles. The van der Waals surface area contributed by atoms with E-state index in [0.717, 1.165) is 25.7 Å². The van der Waals surface area contributed by atoms with Crippen LogP contribution in [0.2, 0.25) is 0 Å². The Kier molecular flexibility index (Phi) is 5.96. The number of hydrogen-bond donors (Lipinski definition) is 1. The van der Waals surface area contributed by atoms with Crippen LogP contribution in [0.15, 0.2) is 23.8 Å². The Balaban J connectivity index is 1.81. The lowest BCUT2D eigenvalue weighted by Crippen LogP contribution is -2.65. The zero-order chi connectivity index (χ0) is 20.6. The predicted molar refractivity (Wildman–Crippen MR) is 113 cm³/mol. The van der Waals surface area contributed by atoms with Crippen molar-refractivity contribution < 1.29 is 19.4 Å². The molecule has 4 nitrogen and oxygen atoms in total. The third-order valence-corrected chi connectivity index (χ3v) is 7.88. The molecular weight excluding hydrogens is 364 g/mol. The van der Waals surface area contributed by atoms with Crippen LogP contribution in [0.3, 0.4) is 0 Å². The number of carboxylic acids is 1. The summed E-state index contributed by atoms with van der Waals surface area (Å²) >= 11 is 0. The lowest BCUT2D eigenvalue weighted by Gasteiger charge is -2.59. The van der Waals surface area contributed by atoms with Crippen molar-refractivity contribution in [1.82, 2.24) is 0 Å². The van der Waals surface area contributed by atoms with Gasteiger partial charge in [0.05, 0.1) is 11.7 Å². The first-order chi connectivity index (χ1) is 13.8. The van der Waals surface area contributed by atoms with Crippen molar-refractivity contribution in [2.45, 2.75) is 103 Å². The first-order valence-electron chi connectivity index (χ1n) is 11.8. The van der Waals surface area contributed by atoms with Gasteiger partial charge in [-0.15, -0.1) is 0 Å². The molecule has 0 spiro atoms. The average Bonchev–Trinajstić information content (AvgIpc) is 2.73. The zero-order valence-electron chi connectivity index (χ0n) is 18.4. The van der Waals surface area contributed by atoms with Gasteiger partial charge in [-0.25, -0.2) is 4.79 Å². The van der Waals surface area contributed by atoms with Crippen LogP contribution >= 0.6 is 0 Å². The molecule has 0 radical (unpaired) electrons. The van der Waals surface area contributed by atoms with E-state index < -0.39 is 17.9 Å². The molecule has 162 valence electrons. The van der Waals surface area contributed by atoms with Crippen LogP contribution in [0.5, 0.6) is 0 Å². The highest BCUT2D eigenvalue weighted by atomic mass is 16.7. The second kappa shape index (κ2) is 8.19. The number of rotatable bonds is 3. The molecule has 3 fully saturated rings. The van der Waals surface area contributed by atoms with Gasteiger partial charge in [0, 0.05) is 5.92 Å².